The summed E-state index contributed by atoms with van der Waals surface area (Å²) in [5.74, 6) is 0. The molecule has 0 unspecified atom stereocenters. The van der Waals surface area contributed by atoms with E-state index in [2.05, 4.69) is 9.73 Å². The van der Waals surface area contributed by atoms with E-state index in [1.54, 1.807) is 0 Å². The topological polar surface area (TPSA) is 21.6 Å². The minimum absolute atomic E-state index is 0. The van der Waals surface area contributed by atoms with Gasteiger partial charge in [0.15, 0.2) is 6.40 Å². The van der Waals surface area contributed by atoms with E-state index in [4.69, 9.17) is 0 Å². The largest absolute Gasteiger partial charge is 0.482 e. The van der Waals surface area contributed by atoms with Crippen LogP contribution >= 0.6 is 0 Å². The molecular weight excluding hydrogens is 131 g/mol. The van der Waals surface area contributed by atoms with Crippen molar-refractivity contribution in [3.05, 3.63) is 0 Å². The summed E-state index contributed by atoms with van der Waals surface area (Å²) in [7, 11) is 0. The number of rotatable bonds is 0. The molecule has 0 spiro atoms. The van der Waals surface area contributed by atoms with Gasteiger partial charge in [0.1, 0.15) is 6.61 Å². The molecule has 0 radical (unpaired) electrons. The van der Waals surface area contributed by atoms with Gasteiger partial charge in [-0.1, -0.05) is 0 Å². The average molecular weight is 136 g/mol. The SMILES string of the molecule is C1=NCCO1.[Zn]. The van der Waals surface area contributed by atoms with Crippen LogP contribution in [0.5, 0.6) is 0 Å². The Labute approximate surface area is 49.4 Å². The van der Waals surface area contributed by atoms with Gasteiger partial charge in [-0.2, -0.15) is 0 Å². The predicted octanol–water partition coefficient (Wildman–Crippen LogP) is 0.0424. The first kappa shape index (κ1) is 6.09. The Morgan fingerprint density at radius 3 is 2.67 bits per heavy atom. The van der Waals surface area contributed by atoms with Gasteiger partial charge in [-0.05, 0) is 0 Å². The van der Waals surface area contributed by atoms with E-state index in [9.17, 15) is 0 Å². The molecule has 0 atom stereocenters. The summed E-state index contributed by atoms with van der Waals surface area (Å²) in [5, 5.41) is 0. The van der Waals surface area contributed by atoms with Crippen LogP contribution < -0.4 is 0 Å². The fraction of sp³-hybridized carbons (Fsp3) is 0.667. The number of nitrogens with zero attached hydrogens (tertiary/aromatic N) is 1. The molecule has 1 heterocycles. The van der Waals surface area contributed by atoms with E-state index >= 15 is 0 Å². The molecule has 0 amide bonds. The Morgan fingerprint density at radius 2 is 2.50 bits per heavy atom. The summed E-state index contributed by atoms with van der Waals surface area (Å²) >= 11 is 0. The van der Waals surface area contributed by atoms with Gasteiger partial charge in [0.05, 0.1) is 6.54 Å². The molecule has 0 N–H and O–H groups in total. The van der Waals surface area contributed by atoms with Crippen LogP contribution in [0.15, 0.2) is 4.99 Å². The van der Waals surface area contributed by atoms with E-state index in [0.717, 1.165) is 13.2 Å². The van der Waals surface area contributed by atoms with Crippen molar-refractivity contribution in [1.82, 2.24) is 0 Å². The van der Waals surface area contributed by atoms with Gasteiger partial charge in [-0.25, -0.2) is 0 Å². The normalized spacial score (nSPS) is 16.0. The van der Waals surface area contributed by atoms with E-state index in [1.165, 1.54) is 6.40 Å². The molecule has 0 fully saturated rings. The molecule has 2 nitrogen and oxygen atoms in total. The van der Waals surface area contributed by atoms with E-state index in [1.807, 2.05) is 0 Å². The first-order chi connectivity index (χ1) is 2.50. The van der Waals surface area contributed by atoms with Crippen LogP contribution in [0, 0.1) is 0 Å². The third kappa shape index (κ3) is 1.51. The molecule has 3 heteroatoms. The van der Waals surface area contributed by atoms with Crippen molar-refractivity contribution in [1.29, 1.82) is 0 Å². The molecule has 0 aliphatic carbocycles. The van der Waals surface area contributed by atoms with Crippen molar-refractivity contribution in [3.8, 4) is 0 Å². The smallest absolute Gasteiger partial charge is 0.169 e. The van der Waals surface area contributed by atoms with Crippen LogP contribution in [0.4, 0.5) is 0 Å². The maximum absolute atomic E-state index is 4.65. The van der Waals surface area contributed by atoms with Crippen LogP contribution in [0.25, 0.3) is 0 Å². The molecule has 6 heavy (non-hydrogen) atoms. The molecule has 1 aliphatic heterocycles. The van der Waals surface area contributed by atoms with Crippen LogP contribution in [0.3, 0.4) is 0 Å². The molecule has 0 aromatic carbocycles. The summed E-state index contributed by atoms with van der Waals surface area (Å²) in [6, 6.07) is 0. The van der Waals surface area contributed by atoms with Crippen molar-refractivity contribution in [2.45, 2.75) is 0 Å². The number of aliphatic imine (C=N–C) groups is 1. The molecule has 30 valence electrons. The summed E-state index contributed by atoms with van der Waals surface area (Å²) in [5.41, 5.74) is 0. The number of hydrogen-bond donors (Lipinski definition) is 0. The van der Waals surface area contributed by atoms with Gasteiger partial charge in [0.2, 0.25) is 0 Å². The van der Waals surface area contributed by atoms with Crippen LogP contribution in [-0.4, -0.2) is 19.6 Å². The summed E-state index contributed by atoms with van der Waals surface area (Å²) < 4.78 is 4.65. The second-order valence-electron chi connectivity index (χ2n) is 0.882. The Kier molecular flexibility index (Phi) is 3.34. The maximum atomic E-state index is 4.65. The van der Waals surface area contributed by atoms with Crippen molar-refractivity contribution in [2.24, 2.45) is 4.99 Å². The third-order valence-corrected chi connectivity index (χ3v) is 0.487. The molecule has 0 aromatic heterocycles. The van der Waals surface area contributed by atoms with Crippen molar-refractivity contribution >= 4 is 6.40 Å². The monoisotopic (exact) mass is 135 g/mol. The summed E-state index contributed by atoms with van der Waals surface area (Å²) in [6.07, 6.45) is 1.49. The minimum atomic E-state index is 0. The predicted molar refractivity (Wildman–Crippen MR) is 19.3 cm³/mol. The van der Waals surface area contributed by atoms with E-state index in [0.29, 0.717) is 0 Å². The Morgan fingerprint density at radius 1 is 1.67 bits per heavy atom. The van der Waals surface area contributed by atoms with Crippen LogP contribution in [0.2, 0.25) is 0 Å². The third-order valence-electron chi connectivity index (χ3n) is 0.487. The van der Waals surface area contributed by atoms with E-state index < -0.39 is 0 Å². The van der Waals surface area contributed by atoms with Gasteiger partial charge in [0.25, 0.3) is 0 Å². The van der Waals surface area contributed by atoms with Gasteiger partial charge in [-0.3, -0.25) is 4.99 Å². The second-order valence-corrected chi connectivity index (χ2v) is 0.882. The summed E-state index contributed by atoms with van der Waals surface area (Å²) in [4.78, 5) is 3.74. The van der Waals surface area contributed by atoms with Gasteiger partial charge >= 0.3 is 0 Å². The number of hydrogen-bond acceptors (Lipinski definition) is 2. The Bertz CT molecular complexity index is 48.8. The molecule has 0 bridgehead atoms. The number of ether oxygens (including phenoxy) is 1. The average Bonchev–Trinajstić information content (AvgIpc) is 1.76. The first-order valence-electron chi connectivity index (χ1n) is 1.60. The minimum Gasteiger partial charge on any atom is -0.482 e. The van der Waals surface area contributed by atoms with E-state index in [-0.39, 0.29) is 19.5 Å². The molecule has 0 saturated carbocycles. The maximum Gasteiger partial charge on any atom is 0.169 e. The van der Waals surface area contributed by atoms with Gasteiger partial charge in [-0.15, -0.1) is 0 Å². The summed E-state index contributed by atoms with van der Waals surface area (Å²) in [6.45, 7) is 1.62. The zero-order chi connectivity index (χ0) is 3.54. The Balaban J connectivity index is 0.000000250. The molecular formula is C3H5NOZn. The first-order valence-corrected chi connectivity index (χ1v) is 1.60. The van der Waals surface area contributed by atoms with Crippen LogP contribution in [0.1, 0.15) is 0 Å². The fourth-order valence-corrected chi connectivity index (χ4v) is 0.264. The fourth-order valence-electron chi connectivity index (χ4n) is 0.264. The van der Waals surface area contributed by atoms with Gasteiger partial charge in [0, 0.05) is 19.5 Å². The Hall–Kier alpha value is 0.0934. The molecule has 1 rings (SSSR count). The van der Waals surface area contributed by atoms with Gasteiger partial charge < -0.3 is 4.74 Å². The van der Waals surface area contributed by atoms with Crippen molar-refractivity contribution in [2.75, 3.05) is 13.2 Å². The molecule has 0 aromatic rings. The molecule has 1 aliphatic rings. The second kappa shape index (κ2) is 3.29. The van der Waals surface area contributed by atoms with Crippen molar-refractivity contribution in [3.63, 3.8) is 0 Å². The quantitative estimate of drug-likeness (QED) is 0.431. The zero-order valence-corrected chi connectivity index (χ0v) is 6.52. The zero-order valence-electron chi connectivity index (χ0n) is 3.55. The standard InChI is InChI=1S/C3H5NO.Zn/c1-2-5-3-4-1;/h3H,1-2H2;. The molecule has 0 saturated heterocycles. The van der Waals surface area contributed by atoms with Crippen molar-refractivity contribution < 1.29 is 24.2 Å². The van der Waals surface area contributed by atoms with Crippen LogP contribution in [-0.2, 0) is 24.2 Å².